The molecule has 2 nitrogen and oxygen atoms in total. The maximum Gasteiger partial charge on any atom is 0.143 e. The third kappa shape index (κ3) is 0.758. The van der Waals surface area contributed by atoms with Crippen molar-refractivity contribution >= 4 is 13.3 Å². The molecular formula is C5H9BN2. The first-order chi connectivity index (χ1) is 3.70. The zero-order chi connectivity index (χ0) is 6.15. The van der Waals surface area contributed by atoms with Gasteiger partial charge in [0.25, 0.3) is 0 Å². The molecule has 1 aromatic heterocycles. The van der Waals surface area contributed by atoms with Crippen LogP contribution in [0.5, 0.6) is 0 Å². The predicted octanol–water partition coefficient (Wildman–Crippen LogP) is -1.01. The lowest BCUT2D eigenvalue weighted by Crippen LogP contribution is -2.00. The van der Waals surface area contributed by atoms with E-state index in [-0.39, 0.29) is 0 Å². The summed E-state index contributed by atoms with van der Waals surface area (Å²) in [7, 11) is 3.99. The number of rotatable bonds is 0. The van der Waals surface area contributed by atoms with E-state index < -0.39 is 0 Å². The molecule has 0 saturated carbocycles. The minimum Gasteiger partial charge on any atom is -0.276 e. The maximum absolute atomic E-state index is 4.13. The van der Waals surface area contributed by atoms with Gasteiger partial charge in [-0.05, 0) is 12.4 Å². The van der Waals surface area contributed by atoms with Crippen molar-refractivity contribution < 1.29 is 0 Å². The van der Waals surface area contributed by atoms with Gasteiger partial charge in [0.05, 0.1) is 5.69 Å². The second-order valence-electron chi connectivity index (χ2n) is 2.07. The SMILES string of the molecule is Bc1cn(C)nc1C. The maximum atomic E-state index is 4.13. The van der Waals surface area contributed by atoms with Gasteiger partial charge in [0.1, 0.15) is 7.85 Å². The molecule has 3 heteroatoms. The van der Waals surface area contributed by atoms with E-state index in [1.807, 2.05) is 24.9 Å². The topological polar surface area (TPSA) is 17.8 Å². The van der Waals surface area contributed by atoms with Crippen LogP contribution in [-0.2, 0) is 7.05 Å². The van der Waals surface area contributed by atoms with E-state index in [0.29, 0.717) is 0 Å². The predicted molar refractivity (Wildman–Crippen MR) is 36.1 cm³/mol. The highest BCUT2D eigenvalue weighted by Gasteiger charge is 1.92. The van der Waals surface area contributed by atoms with Crippen molar-refractivity contribution in [3.05, 3.63) is 11.9 Å². The second kappa shape index (κ2) is 1.65. The van der Waals surface area contributed by atoms with Crippen LogP contribution in [0.4, 0.5) is 0 Å². The van der Waals surface area contributed by atoms with Crippen molar-refractivity contribution in [2.45, 2.75) is 6.92 Å². The van der Waals surface area contributed by atoms with Crippen LogP contribution >= 0.6 is 0 Å². The molecule has 0 aromatic carbocycles. The third-order valence-electron chi connectivity index (χ3n) is 1.26. The van der Waals surface area contributed by atoms with Gasteiger partial charge in [-0.2, -0.15) is 5.10 Å². The highest BCUT2D eigenvalue weighted by Crippen LogP contribution is 1.82. The van der Waals surface area contributed by atoms with Gasteiger partial charge in [-0.15, -0.1) is 0 Å². The molecule has 0 radical (unpaired) electrons. The van der Waals surface area contributed by atoms with Crippen LogP contribution in [0.15, 0.2) is 6.20 Å². The summed E-state index contributed by atoms with van der Waals surface area (Å²) in [5, 5.41) is 4.13. The lowest BCUT2D eigenvalue weighted by Gasteiger charge is -1.80. The molecule has 0 bridgehead atoms. The normalized spacial score (nSPS) is 9.75. The zero-order valence-electron chi connectivity index (χ0n) is 5.47. The Morgan fingerprint density at radius 3 is 2.50 bits per heavy atom. The van der Waals surface area contributed by atoms with E-state index in [9.17, 15) is 0 Å². The molecule has 0 aliphatic carbocycles. The van der Waals surface area contributed by atoms with Crippen LogP contribution < -0.4 is 5.46 Å². The molecule has 0 amide bonds. The monoisotopic (exact) mass is 108 g/mol. The summed E-state index contributed by atoms with van der Waals surface area (Å²) in [6.07, 6.45) is 2.01. The van der Waals surface area contributed by atoms with E-state index in [1.54, 1.807) is 0 Å². The van der Waals surface area contributed by atoms with Crippen molar-refractivity contribution in [2.75, 3.05) is 0 Å². The Kier molecular flexibility index (Phi) is 1.12. The Labute approximate surface area is 49.9 Å². The quantitative estimate of drug-likeness (QED) is 0.389. The zero-order valence-corrected chi connectivity index (χ0v) is 5.47. The molecule has 0 unspecified atom stereocenters. The van der Waals surface area contributed by atoms with E-state index in [0.717, 1.165) is 5.69 Å². The molecule has 0 saturated heterocycles. The average molecular weight is 108 g/mol. The summed E-state index contributed by atoms with van der Waals surface area (Å²) in [5.41, 5.74) is 2.38. The fourth-order valence-electron chi connectivity index (χ4n) is 0.718. The minimum absolute atomic E-state index is 1.12. The van der Waals surface area contributed by atoms with Crippen LogP contribution in [-0.4, -0.2) is 17.6 Å². The Morgan fingerprint density at radius 2 is 2.38 bits per heavy atom. The fraction of sp³-hybridized carbons (Fsp3) is 0.400. The molecule has 8 heavy (non-hydrogen) atoms. The molecule has 0 aliphatic heterocycles. The third-order valence-corrected chi connectivity index (χ3v) is 1.26. The van der Waals surface area contributed by atoms with Crippen molar-refractivity contribution in [1.82, 2.24) is 9.78 Å². The number of hydrogen-bond donors (Lipinski definition) is 0. The van der Waals surface area contributed by atoms with Crippen LogP contribution in [0.2, 0.25) is 0 Å². The standard InChI is InChI=1S/C5H9BN2/c1-4-5(6)3-8(2)7-4/h3H,6H2,1-2H3. The van der Waals surface area contributed by atoms with Gasteiger partial charge in [0.2, 0.25) is 0 Å². The molecule has 42 valence electrons. The average Bonchev–Trinajstić information content (AvgIpc) is 1.85. The molecule has 1 heterocycles. The highest BCUT2D eigenvalue weighted by molar-refractivity contribution is 6.32. The Morgan fingerprint density at radius 1 is 1.75 bits per heavy atom. The first kappa shape index (κ1) is 5.41. The first-order valence-electron chi connectivity index (χ1n) is 2.67. The van der Waals surface area contributed by atoms with E-state index in [2.05, 4.69) is 12.9 Å². The van der Waals surface area contributed by atoms with E-state index in [4.69, 9.17) is 0 Å². The molecule has 0 N–H and O–H groups in total. The van der Waals surface area contributed by atoms with Gasteiger partial charge in [0.15, 0.2) is 0 Å². The van der Waals surface area contributed by atoms with Gasteiger partial charge in [-0.25, -0.2) is 0 Å². The molecule has 1 rings (SSSR count). The number of hydrogen-bond acceptors (Lipinski definition) is 1. The summed E-state index contributed by atoms with van der Waals surface area (Å²) >= 11 is 0. The minimum atomic E-state index is 1.12. The lowest BCUT2D eigenvalue weighted by atomic mass is 9.98. The Bertz CT molecular complexity index is 173. The molecular weight excluding hydrogens is 98.9 g/mol. The number of aryl methyl sites for hydroxylation is 2. The largest absolute Gasteiger partial charge is 0.276 e. The second-order valence-corrected chi connectivity index (χ2v) is 2.07. The summed E-state index contributed by atoms with van der Waals surface area (Å²) in [4.78, 5) is 0. The van der Waals surface area contributed by atoms with Crippen molar-refractivity contribution in [3.63, 3.8) is 0 Å². The first-order valence-corrected chi connectivity index (χ1v) is 2.67. The lowest BCUT2D eigenvalue weighted by molar-refractivity contribution is 0.756. The van der Waals surface area contributed by atoms with Crippen molar-refractivity contribution in [1.29, 1.82) is 0 Å². The van der Waals surface area contributed by atoms with Gasteiger partial charge < -0.3 is 0 Å². The van der Waals surface area contributed by atoms with Gasteiger partial charge in [0, 0.05) is 13.2 Å². The smallest absolute Gasteiger partial charge is 0.143 e. The molecule has 0 fully saturated rings. The number of aromatic nitrogens is 2. The van der Waals surface area contributed by atoms with Gasteiger partial charge in [-0.3, -0.25) is 4.68 Å². The van der Waals surface area contributed by atoms with Crippen LogP contribution in [0.1, 0.15) is 5.69 Å². The van der Waals surface area contributed by atoms with E-state index >= 15 is 0 Å². The highest BCUT2D eigenvalue weighted by atomic mass is 15.2. The van der Waals surface area contributed by atoms with Gasteiger partial charge in [-0.1, -0.05) is 0 Å². The van der Waals surface area contributed by atoms with Crippen LogP contribution in [0, 0.1) is 6.92 Å². The fourth-order valence-corrected chi connectivity index (χ4v) is 0.718. The summed E-state index contributed by atoms with van der Waals surface area (Å²) in [6.45, 7) is 2.01. The van der Waals surface area contributed by atoms with E-state index in [1.165, 1.54) is 5.46 Å². The summed E-state index contributed by atoms with van der Waals surface area (Å²) < 4.78 is 1.82. The molecule has 1 aromatic rings. The number of nitrogens with zero attached hydrogens (tertiary/aromatic N) is 2. The Balaban J connectivity index is 3.14. The van der Waals surface area contributed by atoms with Crippen LogP contribution in [0.25, 0.3) is 0 Å². The molecule has 0 aliphatic rings. The van der Waals surface area contributed by atoms with Gasteiger partial charge >= 0.3 is 0 Å². The van der Waals surface area contributed by atoms with Crippen LogP contribution in [0.3, 0.4) is 0 Å². The molecule has 0 atom stereocenters. The van der Waals surface area contributed by atoms with Crippen molar-refractivity contribution in [3.8, 4) is 0 Å². The summed E-state index contributed by atoms with van der Waals surface area (Å²) in [5.74, 6) is 0. The Hall–Kier alpha value is -0.725. The van der Waals surface area contributed by atoms with Crippen molar-refractivity contribution in [2.24, 2.45) is 7.05 Å². The summed E-state index contributed by atoms with van der Waals surface area (Å²) in [6, 6.07) is 0. The molecule has 0 spiro atoms.